The normalized spacial score (nSPS) is 21.9. The summed E-state index contributed by atoms with van der Waals surface area (Å²) in [7, 11) is 0. The molecule has 1 aliphatic rings. The van der Waals surface area contributed by atoms with Crippen molar-refractivity contribution in [3.8, 4) is 6.07 Å². The van der Waals surface area contributed by atoms with Crippen LogP contribution in [0.25, 0.3) is 0 Å². The van der Waals surface area contributed by atoms with E-state index in [1.807, 2.05) is 19.1 Å². The van der Waals surface area contributed by atoms with E-state index in [1.54, 1.807) is 0 Å². The quantitative estimate of drug-likeness (QED) is 0.799. The lowest BCUT2D eigenvalue weighted by Gasteiger charge is -2.09. The zero-order chi connectivity index (χ0) is 11.1. The molecular formula is C12H15N3. The van der Waals surface area contributed by atoms with Crippen molar-refractivity contribution in [2.45, 2.75) is 33.2 Å². The van der Waals surface area contributed by atoms with E-state index in [0.29, 0.717) is 17.0 Å². The van der Waals surface area contributed by atoms with Gasteiger partial charge in [0, 0.05) is 11.7 Å². The first-order valence-corrected chi connectivity index (χ1v) is 5.17. The van der Waals surface area contributed by atoms with Gasteiger partial charge in [0.1, 0.15) is 11.9 Å². The van der Waals surface area contributed by atoms with Crippen molar-refractivity contribution in [3.05, 3.63) is 23.4 Å². The van der Waals surface area contributed by atoms with Gasteiger partial charge in [-0.25, -0.2) is 4.98 Å². The van der Waals surface area contributed by atoms with Crippen LogP contribution in [0.1, 0.15) is 31.5 Å². The second-order valence-electron chi connectivity index (χ2n) is 4.85. The fraction of sp³-hybridized carbons (Fsp3) is 0.500. The lowest BCUT2D eigenvalue weighted by Crippen LogP contribution is -2.11. The maximum atomic E-state index is 8.94. The molecule has 0 saturated heterocycles. The molecule has 3 heteroatoms. The molecule has 1 heterocycles. The van der Waals surface area contributed by atoms with Gasteiger partial charge in [0.05, 0.1) is 5.56 Å². The molecule has 15 heavy (non-hydrogen) atoms. The standard InChI is InChI=1S/C12H15N3/c1-8-4-5-9(7-13)11(14-8)15-10-6-12(10,2)3/h4-5,10H,6H2,1-3H3,(H,14,15). The minimum Gasteiger partial charge on any atom is -0.366 e. The number of nitrogens with zero attached hydrogens (tertiary/aromatic N) is 2. The molecule has 1 unspecified atom stereocenters. The minimum atomic E-state index is 0.345. The Labute approximate surface area is 90.1 Å². The van der Waals surface area contributed by atoms with Crippen molar-refractivity contribution in [1.29, 1.82) is 5.26 Å². The molecule has 1 aromatic rings. The molecule has 78 valence electrons. The number of rotatable bonds is 2. The van der Waals surface area contributed by atoms with Crippen LogP contribution in [0.3, 0.4) is 0 Å². The van der Waals surface area contributed by atoms with Crippen LogP contribution in [0.4, 0.5) is 5.82 Å². The van der Waals surface area contributed by atoms with Crippen LogP contribution in [0, 0.1) is 23.7 Å². The lowest BCUT2D eigenvalue weighted by molar-refractivity contribution is 0.629. The minimum absolute atomic E-state index is 0.345. The number of nitriles is 1. The van der Waals surface area contributed by atoms with Crippen LogP contribution >= 0.6 is 0 Å². The van der Waals surface area contributed by atoms with Crippen molar-refractivity contribution in [3.63, 3.8) is 0 Å². The molecule has 0 amide bonds. The highest BCUT2D eigenvalue weighted by atomic mass is 15.1. The first-order chi connectivity index (χ1) is 7.03. The molecule has 1 fully saturated rings. The smallest absolute Gasteiger partial charge is 0.144 e. The summed E-state index contributed by atoms with van der Waals surface area (Å²) in [5, 5.41) is 12.3. The molecule has 0 spiro atoms. The summed E-state index contributed by atoms with van der Waals surface area (Å²) in [6.07, 6.45) is 1.15. The summed E-state index contributed by atoms with van der Waals surface area (Å²) in [6.45, 7) is 6.36. The highest BCUT2D eigenvalue weighted by molar-refractivity contribution is 5.53. The van der Waals surface area contributed by atoms with Crippen LogP contribution in [-0.2, 0) is 0 Å². The molecule has 1 saturated carbocycles. The molecule has 0 bridgehead atoms. The first kappa shape index (κ1) is 9.97. The molecular weight excluding hydrogens is 186 g/mol. The number of aromatic nitrogens is 1. The summed E-state index contributed by atoms with van der Waals surface area (Å²) in [5.41, 5.74) is 1.91. The molecule has 1 aromatic heterocycles. The summed E-state index contributed by atoms with van der Waals surface area (Å²) < 4.78 is 0. The van der Waals surface area contributed by atoms with E-state index >= 15 is 0 Å². The zero-order valence-corrected chi connectivity index (χ0v) is 9.33. The number of aryl methyl sites for hydroxylation is 1. The molecule has 1 atom stereocenters. The Hall–Kier alpha value is -1.56. The molecule has 1 N–H and O–H groups in total. The average Bonchev–Trinajstić information content (AvgIpc) is 2.74. The molecule has 3 nitrogen and oxygen atoms in total. The maximum absolute atomic E-state index is 8.94. The Morgan fingerprint density at radius 3 is 2.73 bits per heavy atom. The van der Waals surface area contributed by atoms with Crippen LogP contribution in [0.15, 0.2) is 12.1 Å². The predicted octanol–water partition coefficient (Wildman–Crippen LogP) is 2.47. The van der Waals surface area contributed by atoms with Gasteiger partial charge in [-0.15, -0.1) is 0 Å². The van der Waals surface area contributed by atoms with Gasteiger partial charge in [-0.1, -0.05) is 13.8 Å². The number of pyridine rings is 1. The SMILES string of the molecule is Cc1ccc(C#N)c(NC2CC2(C)C)n1. The van der Waals surface area contributed by atoms with E-state index in [4.69, 9.17) is 5.26 Å². The molecule has 0 radical (unpaired) electrons. The van der Waals surface area contributed by atoms with Crippen molar-refractivity contribution >= 4 is 5.82 Å². The Kier molecular flexibility index (Phi) is 2.15. The van der Waals surface area contributed by atoms with Crippen LogP contribution < -0.4 is 5.32 Å². The van der Waals surface area contributed by atoms with Crippen LogP contribution in [-0.4, -0.2) is 11.0 Å². The van der Waals surface area contributed by atoms with E-state index in [2.05, 4.69) is 30.2 Å². The van der Waals surface area contributed by atoms with Crippen LogP contribution in [0.2, 0.25) is 0 Å². The molecule has 2 rings (SSSR count). The van der Waals surface area contributed by atoms with Crippen molar-refractivity contribution < 1.29 is 0 Å². The van der Waals surface area contributed by atoms with Gasteiger partial charge in [0.2, 0.25) is 0 Å². The van der Waals surface area contributed by atoms with Gasteiger partial charge in [-0.2, -0.15) is 5.26 Å². The average molecular weight is 201 g/mol. The fourth-order valence-electron chi connectivity index (χ4n) is 1.64. The van der Waals surface area contributed by atoms with Gasteiger partial charge in [0.25, 0.3) is 0 Å². The summed E-state index contributed by atoms with van der Waals surface area (Å²) in [5.74, 6) is 0.730. The highest BCUT2D eigenvalue weighted by Crippen LogP contribution is 2.46. The van der Waals surface area contributed by atoms with Gasteiger partial charge < -0.3 is 5.32 Å². The molecule has 0 aromatic carbocycles. The Morgan fingerprint density at radius 2 is 2.20 bits per heavy atom. The van der Waals surface area contributed by atoms with Crippen molar-refractivity contribution in [2.24, 2.45) is 5.41 Å². The maximum Gasteiger partial charge on any atom is 0.144 e. The predicted molar refractivity (Wildman–Crippen MR) is 59.5 cm³/mol. The third-order valence-corrected chi connectivity index (χ3v) is 2.98. The molecule has 0 aliphatic heterocycles. The number of nitrogens with one attached hydrogen (secondary N) is 1. The van der Waals surface area contributed by atoms with Gasteiger partial charge in [-0.05, 0) is 30.9 Å². The molecule has 1 aliphatic carbocycles. The number of hydrogen-bond donors (Lipinski definition) is 1. The van der Waals surface area contributed by atoms with E-state index in [-0.39, 0.29) is 0 Å². The second kappa shape index (κ2) is 3.23. The topological polar surface area (TPSA) is 48.7 Å². The van der Waals surface area contributed by atoms with Gasteiger partial charge in [-0.3, -0.25) is 0 Å². The summed E-state index contributed by atoms with van der Waals surface area (Å²) >= 11 is 0. The van der Waals surface area contributed by atoms with Crippen molar-refractivity contribution in [1.82, 2.24) is 4.98 Å². The van der Waals surface area contributed by atoms with Crippen LogP contribution in [0.5, 0.6) is 0 Å². The van der Waals surface area contributed by atoms with E-state index < -0.39 is 0 Å². The largest absolute Gasteiger partial charge is 0.366 e. The van der Waals surface area contributed by atoms with E-state index in [0.717, 1.165) is 17.9 Å². The van der Waals surface area contributed by atoms with E-state index in [9.17, 15) is 0 Å². The third kappa shape index (κ3) is 1.94. The fourth-order valence-corrected chi connectivity index (χ4v) is 1.64. The van der Waals surface area contributed by atoms with Gasteiger partial charge in [0.15, 0.2) is 0 Å². The summed E-state index contributed by atoms with van der Waals surface area (Å²) in [6, 6.07) is 6.30. The summed E-state index contributed by atoms with van der Waals surface area (Å²) in [4.78, 5) is 4.36. The number of hydrogen-bond acceptors (Lipinski definition) is 3. The van der Waals surface area contributed by atoms with Crippen molar-refractivity contribution in [2.75, 3.05) is 5.32 Å². The second-order valence-corrected chi connectivity index (χ2v) is 4.85. The van der Waals surface area contributed by atoms with Gasteiger partial charge >= 0.3 is 0 Å². The monoisotopic (exact) mass is 201 g/mol. The first-order valence-electron chi connectivity index (χ1n) is 5.17. The van der Waals surface area contributed by atoms with E-state index in [1.165, 1.54) is 0 Å². The third-order valence-electron chi connectivity index (χ3n) is 2.98. The number of anilines is 1. The lowest BCUT2D eigenvalue weighted by atomic mass is 10.2. The zero-order valence-electron chi connectivity index (χ0n) is 9.33. The Balaban J connectivity index is 2.21. The Bertz CT molecular complexity index is 429. The Morgan fingerprint density at radius 1 is 1.53 bits per heavy atom. The highest BCUT2D eigenvalue weighted by Gasteiger charge is 2.46.